The number of sulfone groups is 1. The van der Waals surface area contributed by atoms with Gasteiger partial charge in [0.15, 0.2) is 0 Å². The summed E-state index contributed by atoms with van der Waals surface area (Å²) in [6.45, 7) is -1.22. The van der Waals surface area contributed by atoms with Gasteiger partial charge in [0.05, 0.1) is 12.3 Å². The van der Waals surface area contributed by atoms with Gasteiger partial charge in [-0.05, 0) is 5.56 Å². The molecule has 0 saturated carbocycles. The summed E-state index contributed by atoms with van der Waals surface area (Å²) in [5.74, 6) is -0.368. The third-order valence-corrected chi connectivity index (χ3v) is 3.16. The van der Waals surface area contributed by atoms with Gasteiger partial charge in [0, 0.05) is 12.3 Å². The number of benzene rings is 1. The third-order valence-electron chi connectivity index (χ3n) is 2.22. The molecule has 18 heavy (non-hydrogen) atoms. The number of hydrogen-bond donors (Lipinski definition) is 1. The summed E-state index contributed by atoms with van der Waals surface area (Å²) in [6, 6.07) is 7.35. The van der Waals surface area contributed by atoms with Crippen LogP contribution in [0.5, 0.6) is 0 Å². The van der Waals surface area contributed by atoms with Crippen molar-refractivity contribution >= 4 is 9.84 Å². The molecule has 0 radical (unpaired) electrons. The first-order chi connectivity index (χ1) is 8.17. The quantitative estimate of drug-likeness (QED) is 0.897. The fourth-order valence-corrected chi connectivity index (χ4v) is 2.42. The molecule has 1 aromatic rings. The minimum absolute atomic E-state index is 0.368. The molecule has 0 aliphatic heterocycles. The summed E-state index contributed by atoms with van der Waals surface area (Å²) in [5, 5.41) is 2.23. The predicted molar refractivity (Wildman–Crippen MR) is 63.0 cm³/mol. The number of nitrogens with one attached hydrogen (secondary N) is 1. The van der Waals surface area contributed by atoms with Crippen LogP contribution in [-0.2, 0) is 9.84 Å². The van der Waals surface area contributed by atoms with Gasteiger partial charge in [-0.1, -0.05) is 30.3 Å². The number of hydrogen-bond acceptors (Lipinski definition) is 3. The van der Waals surface area contributed by atoms with Crippen molar-refractivity contribution in [2.75, 3.05) is 18.6 Å². The van der Waals surface area contributed by atoms with Gasteiger partial charge in [0.2, 0.25) is 0 Å². The number of halogens is 3. The Balaban J connectivity index is 2.83. The fourth-order valence-electron chi connectivity index (χ4n) is 1.50. The zero-order valence-electron chi connectivity index (χ0n) is 9.74. The highest BCUT2D eigenvalue weighted by Crippen LogP contribution is 2.18. The minimum atomic E-state index is -4.37. The van der Waals surface area contributed by atoms with E-state index in [1.54, 1.807) is 30.3 Å². The first-order valence-electron chi connectivity index (χ1n) is 5.20. The van der Waals surface area contributed by atoms with E-state index in [-0.39, 0.29) is 5.75 Å². The van der Waals surface area contributed by atoms with E-state index in [1.807, 2.05) is 0 Å². The second kappa shape index (κ2) is 5.71. The highest BCUT2D eigenvalue weighted by Gasteiger charge is 2.29. The van der Waals surface area contributed by atoms with Crippen LogP contribution in [0, 0.1) is 0 Å². The number of rotatable bonds is 5. The van der Waals surface area contributed by atoms with Gasteiger partial charge in [-0.3, -0.25) is 0 Å². The molecule has 0 bridgehead atoms. The van der Waals surface area contributed by atoms with Crippen LogP contribution in [0.2, 0.25) is 0 Å². The van der Waals surface area contributed by atoms with E-state index in [0.717, 1.165) is 6.26 Å². The Bertz CT molecular complexity index is 471. The molecule has 0 heterocycles. The molecule has 0 amide bonds. The van der Waals surface area contributed by atoms with Crippen LogP contribution in [0.4, 0.5) is 13.2 Å². The maximum Gasteiger partial charge on any atom is 0.401 e. The lowest BCUT2D eigenvalue weighted by Gasteiger charge is -2.19. The van der Waals surface area contributed by atoms with Crippen molar-refractivity contribution in [1.29, 1.82) is 0 Å². The Morgan fingerprint density at radius 1 is 1.22 bits per heavy atom. The van der Waals surface area contributed by atoms with Crippen LogP contribution in [-0.4, -0.2) is 33.1 Å². The monoisotopic (exact) mass is 281 g/mol. The molecule has 0 spiro atoms. The molecule has 1 aromatic carbocycles. The highest BCUT2D eigenvalue weighted by molar-refractivity contribution is 7.90. The Labute approximate surface area is 104 Å². The van der Waals surface area contributed by atoms with Gasteiger partial charge in [0.25, 0.3) is 0 Å². The van der Waals surface area contributed by atoms with Crippen molar-refractivity contribution in [2.45, 2.75) is 12.2 Å². The molecule has 0 aliphatic carbocycles. The van der Waals surface area contributed by atoms with Gasteiger partial charge < -0.3 is 5.32 Å². The van der Waals surface area contributed by atoms with Gasteiger partial charge in [-0.2, -0.15) is 13.2 Å². The maximum atomic E-state index is 12.2. The largest absolute Gasteiger partial charge is 0.401 e. The van der Waals surface area contributed by atoms with Crippen LogP contribution < -0.4 is 5.32 Å². The lowest BCUT2D eigenvalue weighted by molar-refractivity contribution is -0.126. The summed E-state index contributed by atoms with van der Waals surface area (Å²) in [5.41, 5.74) is 0.521. The molecule has 0 fully saturated rings. The van der Waals surface area contributed by atoms with Gasteiger partial charge in [-0.15, -0.1) is 0 Å². The molecule has 1 atom stereocenters. The average molecular weight is 281 g/mol. The molecule has 0 saturated heterocycles. The molecule has 0 aromatic heterocycles. The first-order valence-corrected chi connectivity index (χ1v) is 7.26. The first kappa shape index (κ1) is 15.0. The molecular weight excluding hydrogens is 267 g/mol. The Morgan fingerprint density at radius 2 is 1.78 bits per heavy atom. The van der Waals surface area contributed by atoms with E-state index in [4.69, 9.17) is 0 Å². The molecule has 102 valence electrons. The van der Waals surface area contributed by atoms with Gasteiger partial charge >= 0.3 is 6.18 Å². The van der Waals surface area contributed by atoms with Gasteiger partial charge in [-0.25, -0.2) is 8.42 Å². The van der Waals surface area contributed by atoms with Crippen LogP contribution in [0.1, 0.15) is 11.6 Å². The maximum absolute atomic E-state index is 12.2. The summed E-state index contributed by atoms with van der Waals surface area (Å²) >= 11 is 0. The van der Waals surface area contributed by atoms with E-state index in [9.17, 15) is 21.6 Å². The Kier molecular flexibility index (Phi) is 4.75. The average Bonchev–Trinajstić information content (AvgIpc) is 2.23. The topological polar surface area (TPSA) is 46.2 Å². The van der Waals surface area contributed by atoms with Crippen molar-refractivity contribution in [2.24, 2.45) is 0 Å². The molecule has 1 rings (SSSR count). The summed E-state index contributed by atoms with van der Waals surface area (Å²) < 4.78 is 58.9. The third kappa shape index (κ3) is 6.02. The molecule has 3 nitrogen and oxygen atoms in total. The van der Waals surface area contributed by atoms with Crippen molar-refractivity contribution in [3.05, 3.63) is 35.9 Å². The van der Waals surface area contributed by atoms with Crippen molar-refractivity contribution in [3.63, 3.8) is 0 Å². The smallest absolute Gasteiger partial charge is 0.301 e. The predicted octanol–water partition coefficient (Wildman–Crippen LogP) is 1.92. The van der Waals surface area contributed by atoms with E-state index in [1.165, 1.54) is 0 Å². The zero-order chi connectivity index (χ0) is 13.8. The van der Waals surface area contributed by atoms with E-state index >= 15 is 0 Å². The van der Waals surface area contributed by atoms with Crippen molar-refractivity contribution < 1.29 is 21.6 Å². The SMILES string of the molecule is CS(=O)(=O)CC(NCC(F)(F)F)c1ccccc1. The second-order valence-electron chi connectivity index (χ2n) is 4.05. The highest BCUT2D eigenvalue weighted by atomic mass is 32.2. The van der Waals surface area contributed by atoms with Crippen LogP contribution in [0.25, 0.3) is 0 Å². The van der Waals surface area contributed by atoms with Crippen molar-refractivity contribution in [3.8, 4) is 0 Å². The molecule has 1 N–H and O–H groups in total. The lowest BCUT2D eigenvalue weighted by atomic mass is 10.1. The normalized spacial score (nSPS) is 14.4. The Morgan fingerprint density at radius 3 is 2.22 bits per heavy atom. The summed E-state index contributed by atoms with van der Waals surface area (Å²) in [7, 11) is -3.37. The van der Waals surface area contributed by atoms with Crippen molar-refractivity contribution in [1.82, 2.24) is 5.32 Å². The van der Waals surface area contributed by atoms with E-state index < -0.39 is 28.6 Å². The van der Waals surface area contributed by atoms with E-state index in [0.29, 0.717) is 5.56 Å². The molecule has 0 aliphatic rings. The lowest BCUT2D eigenvalue weighted by Crippen LogP contribution is -2.35. The summed E-state index contributed by atoms with van der Waals surface area (Å²) in [4.78, 5) is 0. The Hall–Kier alpha value is -1.08. The standard InChI is InChI=1S/C11H14F3NO2S/c1-18(16,17)7-10(15-8-11(12,13)14)9-5-3-2-4-6-9/h2-6,10,15H,7-8H2,1H3. The second-order valence-corrected chi connectivity index (χ2v) is 6.24. The van der Waals surface area contributed by atoms with E-state index in [2.05, 4.69) is 5.32 Å². The molecule has 1 unspecified atom stereocenters. The van der Waals surface area contributed by atoms with Crippen LogP contribution in [0.15, 0.2) is 30.3 Å². The molecule has 7 heteroatoms. The minimum Gasteiger partial charge on any atom is -0.301 e. The van der Waals surface area contributed by atoms with Gasteiger partial charge in [0.1, 0.15) is 9.84 Å². The number of alkyl halides is 3. The van der Waals surface area contributed by atoms with Crippen LogP contribution in [0.3, 0.4) is 0 Å². The fraction of sp³-hybridized carbons (Fsp3) is 0.455. The zero-order valence-corrected chi connectivity index (χ0v) is 10.6. The molecular formula is C11H14F3NO2S. The summed E-state index contributed by atoms with van der Waals surface area (Å²) in [6.07, 6.45) is -3.37. The van der Waals surface area contributed by atoms with Crippen LogP contribution >= 0.6 is 0 Å².